The van der Waals surface area contributed by atoms with Crippen LogP contribution in [-0.4, -0.2) is 44.2 Å². The maximum atomic E-state index is 12.3. The van der Waals surface area contributed by atoms with Crippen LogP contribution in [-0.2, 0) is 11.0 Å². The van der Waals surface area contributed by atoms with Gasteiger partial charge in [-0.25, -0.2) is 13.7 Å². The molecule has 2 aliphatic rings. The number of carboxylic acid groups (broad SMARTS) is 1. The number of nitrogens with zero attached hydrogens (tertiary/aromatic N) is 1. The topological polar surface area (TPSA) is 69.6 Å². The Morgan fingerprint density at radius 1 is 1.30 bits per heavy atom. The van der Waals surface area contributed by atoms with Gasteiger partial charge >= 0.3 is 6.09 Å². The number of likely N-dealkylation sites (tertiary alicyclic amines) is 1. The van der Waals surface area contributed by atoms with E-state index < -0.39 is 17.1 Å². The van der Waals surface area contributed by atoms with Gasteiger partial charge in [0, 0.05) is 19.1 Å². The van der Waals surface area contributed by atoms with E-state index in [0.29, 0.717) is 13.1 Å². The summed E-state index contributed by atoms with van der Waals surface area (Å²) in [6.07, 6.45) is 4.28. The van der Waals surface area contributed by atoms with Gasteiger partial charge in [0.2, 0.25) is 0 Å². The largest absolute Gasteiger partial charge is 0.465 e. The molecule has 1 amide bonds. The molecule has 1 aliphatic heterocycles. The first-order valence-electron chi connectivity index (χ1n) is 7.40. The Kier molecular flexibility index (Phi) is 4.44. The van der Waals surface area contributed by atoms with E-state index >= 15 is 0 Å². The molecule has 1 heterocycles. The average molecular weight is 302 g/mol. The molecule has 2 atom stereocenters. The fourth-order valence-electron chi connectivity index (χ4n) is 3.37. The molecule has 1 spiro atoms. The van der Waals surface area contributed by atoms with E-state index in [0.717, 1.165) is 32.1 Å². The van der Waals surface area contributed by atoms with Crippen molar-refractivity contribution in [1.29, 1.82) is 0 Å². The molecule has 0 aromatic rings. The van der Waals surface area contributed by atoms with Crippen LogP contribution in [0.4, 0.5) is 4.79 Å². The molecule has 0 aromatic carbocycles. The lowest BCUT2D eigenvalue weighted by Crippen LogP contribution is -2.51. The summed E-state index contributed by atoms with van der Waals surface area (Å²) in [5.74, 6) is 0. The van der Waals surface area contributed by atoms with Gasteiger partial charge in [-0.05, 0) is 51.9 Å². The molecule has 116 valence electrons. The van der Waals surface area contributed by atoms with Gasteiger partial charge in [0.15, 0.2) is 0 Å². The van der Waals surface area contributed by atoms with Crippen molar-refractivity contribution in [2.24, 2.45) is 5.41 Å². The zero-order chi connectivity index (χ0) is 15.0. The molecule has 1 saturated carbocycles. The van der Waals surface area contributed by atoms with Crippen LogP contribution in [0.5, 0.6) is 0 Å². The van der Waals surface area contributed by atoms with Gasteiger partial charge in [0.25, 0.3) is 0 Å². The van der Waals surface area contributed by atoms with Crippen LogP contribution >= 0.6 is 0 Å². The molecule has 1 aliphatic carbocycles. The third-order valence-electron chi connectivity index (χ3n) is 4.74. The van der Waals surface area contributed by atoms with Gasteiger partial charge in [-0.3, -0.25) is 0 Å². The highest BCUT2D eigenvalue weighted by atomic mass is 32.2. The van der Waals surface area contributed by atoms with Crippen LogP contribution in [0, 0.1) is 5.41 Å². The molecule has 5 nitrogen and oxygen atoms in total. The number of hydrogen-bond acceptors (Lipinski definition) is 2. The lowest BCUT2D eigenvalue weighted by Gasteiger charge is -2.43. The minimum atomic E-state index is -1.05. The number of hydrogen-bond donors (Lipinski definition) is 2. The molecular weight excluding hydrogens is 276 g/mol. The Labute approximate surface area is 123 Å². The Hall–Kier alpha value is -0.620. The predicted molar refractivity (Wildman–Crippen MR) is 79.9 cm³/mol. The van der Waals surface area contributed by atoms with Crippen LogP contribution in [0.2, 0.25) is 0 Å². The van der Waals surface area contributed by atoms with Gasteiger partial charge < -0.3 is 10.0 Å². The monoisotopic (exact) mass is 302 g/mol. The summed E-state index contributed by atoms with van der Waals surface area (Å²) in [5, 5.41) is 9.05. The summed E-state index contributed by atoms with van der Waals surface area (Å²) in [6, 6.07) is 0.263. The molecule has 0 bridgehead atoms. The van der Waals surface area contributed by atoms with Crippen molar-refractivity contribution in [3.05, 3.63) is 0 Å². The maximum absolute atomic E-state index is 12.3. The van der Waals surface area contributed by atoms with Gasteiger partial charge in [-0.1, -0.05) is 6.42 Å². The fraction of sp³-hybridized carbons (Fsp3) is 0.929. The van der Waals surface area contributed by atoms with Crippen molar-refractivity contribution in [2.75, 3.05) is 13.1 Å². The highest BCUT2D eigenvalue weighted by Crippen LogP contribution is 2.46. The lowest BCUT2D eigenvalue weighted by atomic mass is 9.74. The normalized spacial score (nSPS) is 27.8. The third kappa shape index (κ3) is 3.17. The first-order chi connectivity index (χ1) is 9.24. The average Bonchev–Trinajstić information content (AvgIpc) is 2.71. The van der Waals surface area contributed by atoms with Crippen molar-refractivity contribution >= 4 is 17.1 Å². The third-order valence-corrected chi connectivity index (χ3v) is 6.35. The van der Waals surface area contributed by atoms with Crippen LogP contribution in [0.25, 0.3) is 0 Å². The molecule has 2 N–H and O–H groups in total. The molecule has 6 heteroatoms. The highest BCUT2D eigenvalue weighted by Gasteiger charge is 2.46. The molecule has 1 saturated heterocycles. The Morgan fingerprint density at radius 3 is 2.40 bits per heavy atom. The Bertz CT molecular complexity index is 398. The van der Waals surface area contributed by atoms with Gasteiger partial charge in [-0.2, -0.15) is 0 Å². The second kappa shape index (κ2) is 5.64. The zero-order valence-corrected chi connectivity index (χ0v) is 13.5. The van der Waals surface area contributed by atoms with Crippen molar-refractivity contribution < 1.29 is 14.1 Å². The molecular formula is C14H26N2O3S. The van der Waals surface area contributed by atoms with E-state index in [2.05, 4.69) is 4.72 Å². The van der Waals surface area contributed by atoms with Crippen molar-refractivity contribution in [2.45, 2.75) is 63.7 Å². The fourth-order valence-corrected chi connectivity index (χ4v) is 4.35. The molecule has 20 heavy (non-hydrogen) atoms. The second-order valence-corrected chi connectivity index (χ2v) is 9.07. The molecule has 0 radical (unpaired) electrons. The Balaban J connectivity index is 2.01. The number of piperidine rings is 1. The summed E-state index contributed by atoms with van der Waals surface area (Å²) in [5.41, 5.74) is 0.146. The zero-order valence-electron chi connectivity index (χ0n) is 12.6. The Morgan fingerprint density at radius 2 is 1.90 bits per heavy atom. The summed E-state index contributed by atoms with van der Waals surface area (Å²) in [7, 11) is -1.05. The van der Waals surface area contributed by atoms with Crippen molar-refractivity contribution in [1.82, 2.24) is 9.62 Å². The van der Waals surface area contributed by atoms with Crippen molar-refractivity contribution in [3.8, 4) is 0 Å². The van der Waals surface area contributed by atoms with E-state index in [9.17, 15) is 9.00 Å². The summed E-state index contributed by atoms with van der Waals surface area (Å²) < 4.78 is 15.4. The van der Waals surface area contributed by atoms with E-state index in [1.54, 1.807) is 0 Å². The number of amides is 1. The second-order valence-electron chi connectivity index (χ2n) is 7.08. The number of rotatable bonds is 2. The van der Waals surface area contributed by atoms with Gasteiger partial charge in [0.1, 0.15) is 0 Å². The van der Waals surface area contributed by atoms with Crippen LogP contribution in [0.1, 0.15) is 52.9 Å². The molecule has 2 fully saturated rings. The maximum Gasteiger partial charge on any atom is 0.407 e. The van der Waals surface area contributed by atoms with Crippen LogP contribution in [0.3, 0.4) is 0 Å². The summed E-state index contributed by atoms with van der Waals surface area (Å²) >= 11 is 0. The molecule has 0 aromatic heterocycles. The number of carbonyl (C=O) groups is 1. The quantitative estimate of drug-likeness (QED) is 0.822. The minimum Gasteiger partial charge on any atom is -0.465 e. The van der Waals surface area contributed by atoms with E-state index in [1.807, 2.05) is 20.8 Å². The summed E-state index contributed by atoms with van der Waals surface area (Å²) in [4.78, 5) is 12.5. The van der Waals surface area contributed by atoms with Gasteiger partial charge in [0.05, 0.1) is 15.7 Å². The molecule has 1 unspecified atom stereocenters. The van der Waals surface area contributed by atoms with E-state index in [4.69, 9.17) is 5.11 Å². The first kappa shape index (κ1) is 15.8. The van der Waals surface area contributed by atoms with Crippen LogP contribution in [0.15, 0.2) is 0 Å². The first-order valence-corrected chi connectivity index (χ1v) is 8.55. The number of nitrogens with one attached hydrogen (secondary N) is 1. The minimum absolute atomic E-state index is 0.146. The van der Waals surface area contributed by atoms with Crippen LogP contribution < -0.4 is 4.72 Å². The predicted octanol–water partition coefficient (Wildman–Crippen LogP) is 2.35. The smallest absolute Gasteiger partial charge is 0.407 e. The van der Waals surface area contributed by atoms with E-state index in [1.165, 1.54) is 4.90 Å². The van der Waals surface area contributed by atoms with Crippen molar-refractivity contribution in [3.63, 3.8) is 0 Å². The van der Waals surface area contributed by atoms with E-state index in [-0.39, 0.29) is 16.2 Å². The lowest BCUT2D eigenvalue weighted by molar-refractivity contribution is 0.0810. The highest BCUT2D eigenvalue weighted by molar-refractivity contribution is 7.84. The molecule has 2 rings (SSSR count). The SMILES string of the molecule is CC(C)(C)S(=O)N[C@@H]1CCCC12CCN(C(=O)O)CC2. The standard InChI is InChI=1S/C14H26N2O3S/c1-13(2,3)20(19)15-11-5-4-6-14(11)7-9-16(10-8-14)12(17)18/h11,15H,4-10H2,1-3H3,(H,17,18)/t11-,20?/m1/s1. The summed E-state index contributed by atoms with van der Waals surface area (Å²) in [6.45, 7) is 7.14. The van der Waals surface area contributed by atoms with Gasteiger partial charge in [-0.15, -0.1) is 0 Å².